The van der Waals surface area contributed by atoms with Crippen LogP contribution in [0.25, 0.3) is 0 Å². The molecule has 0 saturated carbocycles. The number of esters is 1. The fourth-order valence-electron chi connectivity index (χ4n) is 1.86. The molecule has 0 spiro atoms. The van der Waals surface area contributed by atoms with Crippen molar-refractivity contribution in [2.75, 3.05) is 11.9 Å². The number of amides is 1. The van der Waals surface area contributed by atoms with E-state index in [2.05, 4.69) is 5.32 Å². The highest BCUT2D eigenvalue weighted by atomic mass is 35.5. The van der Waals surface area contributed by atoms with Crippen LogP contribution < -0.4 is 5.32 Å². The molecule has 0 aliphatic heterocycles. The van der Waals surface area contributed by atoms with Gasteiger partial charge in [-0.15, -0.1) is 0 Å². The zero-order valence-electron chi connectivity index (χ0n) is 12.4. The highest BCUT2D eigenvalue weighted by Crippen LogP contribution is 2.33. The van der Waals surface area contributed by atoms with Crippen LogP contribution in [0.1, 0.15) is 15.9 Å². The molecule has 0 bridgehead atoms. The highest BCUT2D eigenvalue weighted by Gasteiger charge is 2.16. The van der Waals surface area contributed by atoms with Gasteiger partial charge in [-0.3, -0.25) is 4.79 Å². The van der Waals surface area contributed by atoms with Gasteiger partial charge in [-0.25, -0.2) is 4.79 Å². The molecule has 2 rings (SSSR count). The Morgan fingerprint density at radius 2 is 1.75 bits per heavy atom. The average molecular weight is 389 g/mol. The summed E-state index contributed by atoms with van der Waals surface area (Å²) >= 11 is 17.7. The van der Waals surface area contributed by atoms with Crippen molar-refractivity contribution < 1.29 is 19.4 Å². The molecule has 0 atom stereocenters. The second-order valence-electron chi connectivity index (χ2n) is 4.89. The van der Waals surface area contributed by atoms with E-state index in [1.807, 2.05) is 0 Å². The van der Waals surface area contributed by atoms with Gasteiger partial charge in [0.25, 0.3) is 5.91 Å². The van der Waals surface area contributed by atoms with Gasteiger partial charge in [-0.1, -0.05) is 46.4 Å². The molecule has 8 heteroatoms. The van der Waals surface area contributed by atoms with E-state index in [-0.39, 0.29) is 27.0 Å². The van der Waals surface area contributed by atoms with Gasteiger partial charge in [0.2, 0.25) is 0 Å². The summed E-state index contributed by atoms with van der Waals surface area (Å²) in [4.78, 5) is 23.8. The molecule has 2 N–H and O–H groups in total. The number of ether oxygens (including phenoxy) is 1. The highest BCUT2D eigenvalue weighted by molar-refractivity contribution is 6.42. The Labute approximate surface area is 153 Å². The first-order valence-electron chi connectivity index (χ1n) is 6.69. The van der Waals surface area contributed by atoms with Crippen molar-refractivity contribution in [1.82, 2.24) is 0 Å². The normalized spacial score (nSPS) is 10.3. The van der Waals surface area contributed by atoms with Crippen molar-refractivity contribution in [2.45, 2.75) is 6.92 Å². The maximum Gasteiger partial charge on any atom is 0.342 e. The van der Waals surface area contributed by atoms with Gasteiger partial charge >= 0.3 is 5.97 Å². The maximum atomic E-state index is 11.9. The minimum Gasteiger partial charge on any atom is -0.507 e. The van der Waals surface area contributed by atoms with Gasteiger partial charge in [0.1, 0.15) is 11.3 Å². The Bertz CT molecular complexity index is 785. The number of phenolic OH excluding ortho intramolecular Hbond substituents is 1. The van der Waals surface area contributed by atoms with Gasteiger partial charge in [0, 0.05) is 5.02 Å². The molecule has 0 radical (unpaired) electrons. The van der Waals surface area contributed by atoms with Crippen LogP contribution in [0, 0.1) is 6.92 Å². The first-order chi connectivity index (χ1) is 11.3. The summed E-state index contributed by atoms with van der Waals surface area (Å²) in [6, 6.07) is 7.31. The number of anilines is 1. The molecule has 126 valence electrons. The number of hydrogen-bond acceptors (Lipinski definition) is 4. The monoisotopic (exact) mass is 387 g/mol. The van der Waals surface area contributed by atoms with E-state index in [9.17, 15) is 14.7 Å². The van der Waals surface area contributed by atoms with E-state index in [0.717, 1.165) is 5.56 Å². The smallest absolute Gasteiger partial charge is 0.342 e. The Morgan fingerprint density at radius 3 is 2.38 bits per heavy atom. The third-order valence-corrected chi connectivity index (χ3v) is 3.79. The Hall–Kier alpha value is -1.95. The predicted octanol–water partition coefficient (Wildman–Crippen LogP) is 4.46. The summed E-state index contributed by atoms with van der Waals surface area (Å²) in [5.74, 6) is -1.68. The van der Waals surface area contributed by atoms with Crippen molar-refractivity contribution >= 4 is 52.4 Å². The molecule has 1 amide bonds. The van der Waals surface area contributed by atoms with Gasteiger partial charge in [-0.05, 0) is 31.2 Å². The topological polar surface area (TPSA) is 75.6 Å². The largest absolute Gasteiger partial charge is 0.507 e. The lowest BCUT2D eigenvalue weighted by Gasteiger charge is -2.11. The SMILES string of the molecule is Cc1ccc(O)c(C(=O)OCC(=O)Nc2c(Cl)cc(Cl)cc2Cl)c1. The molecule has 2 aromatic rings. The molecular formula is C16H12Cl3NO4. The summed E-state index contributed by atoms with van der Waals surface area (Å²) < 4.78 is 4.88. The number of benzene rings is 2. The van der Waals surface area contributed by atoms with E-state index in [4.69, 9.17) is 39.5 Å². The van der Waals surface area contributed by atoms with E-state index >= 15 is 0 Å². The number of rotatable bonds is 4. The lowest BCUT2D eigenvalue weighted by atomic mass is 10.1. The lowest BCUT2D eigenvalue weighted by molar-refractivity contribution is -0.119. The lowest BCUT2D eigenvalue weighted by Crippen LogP contribution is -2.21. The second kappa shape index (κ2) is 7.75. The van der Waals surface area contributed by atoms with Crippen LogP contribution in [0.2, 0.25) is 15.1 Å². The Balaban J connectivity index is 2.01. The third-order valence-electron chi connectivity index (χ3n) is 2.98. The zero-order valence-corrected chi connectivity index (χ0v) is 14.7. The van der Waals surface area contributed by atoms with Crippen LogP contribution in [-0.2, 0) is 9.53 Å². The number of aryl methyl sites for hydroxylation is 1. The van der Waals surface area contributed by atoms with Gasteiger partial charge in [0.15, 0.2) is 6.61 Å². The molecule has 0 fully saturated rings. The maximum absolute atomic E-state index is 11.9. The van der Waals surface area contributed by atoms with Crippen molar-refractivity contribution in [3.8, 4) is 5.75 Å². The van der Waals surface area contributed by atoms with Gasteiger partial charge in [0.05, 0.1) is 15.7 Å². The number of hydrogen-bond donors (Lipinski definition) is 2. The van der Waals surface area contributed by atoms with Crippen LogP contribution in [0.4, 0.5) is 5.69 Å². The number of phenols is 1. The Morgan fingerprint density at radius 1 is 1.12 bits per heavy atom. The minimum absolute atomic E-state index is 0.0228. The van der Waals surface area contributed by atoms with Crippen molar-refractivity contribution in [3.05, 3.63) is 56.5 Å². The summed E-state index contributed by atoms with van der Waals surface area (Å²) in [6.45, 7) is 1.19. The van der Waals surface area contributed by atoms with Crippen molar-refractivity contribution in [3.63, 3.8) is 0 Å². The average Bonchev–Trinajstić information content (AvgIpc) is 2.50. The third kappa shape index (κ3) is 4.54. The number of carbonyl (C=O) groups is 2. The molecule has 0 heterocycles. The van der Waals surface area contributed by atoms with Crippen LogP contribution in [0.3, 0.4) is 0 Å². The van der Waals surface area contributed by atoms with Crippen molar-refractivity contribution in [1.29, 1.82) is 0 Å². The first kappa shape index (κ1) is 18.4. The number of carbonyl (C=O) groups excluding carboxylic acids is 2. The summed E-state index contributed by atoms with van der Waals surface area (Å²) in [5.41, 5.74) is 0.913. The molecule has 0 aromatic heterocycles. The van der Waals surface area contributed by atoms with E-state index in [1.165, 1.54) is 24.3 Å². The van der Waals surface area contributed by atoms with E-state index in [0.29, 0.717) is 5.02 Å². The van der Waals surface area contributed by atoms with Gasteiger partial charge < -0.3 is 15.2 Å². The molecular weight excluding hydrogens is 377 g/mol. The van der Waals surface area contributed by atoms with Crippen LogP contribution in [0.15, 0.2) is 30.3 Å². The fraction of sp³-hybridized carbons (Fsp3) is 0.125. The van der Waals surface area contributed by atoms with Crippen LogP contribution >= 0.6 is 34.8 Å². The molecule has 0 saturated heterocycles. The number of aromatic hydroxyl groups is 1. The van der Waals surface area contributed by atoms with E-state index in [1.54, 1.807) is 13.0 Å². The summed E-state index contributed by atoms with van der Waals surface area (Å²) in [6.07, 6.45) is 0. The molecule has 5 nitrogen and oxygen atoms in total. The van der Waals surface area contributed by atoms with Crippen molar-refractivity contribution in [2.24, 2.45) is 0 Å². The molecule has 0 unspecified atom stereocenters. The molecule has 0 aliphatic carbocycles. The standard InChI is InChI=1S/C16H12Cl3NO4/c1-8-2-3-13(21)10(4-8)16(23)24-7-14(22)20-15-11(18)5-9(17)6-12(15)19/h2-6,21H,7H2,1H3,(H,20,22). The Kier molecular flexibility index (Phi) is 5.94. The van der Waals surface area contributed by atoms with Crippen LogP contribution in [0.5, 0.6) is 5.75 Å². The van der Waals surface area contributed by atoms with Gasteiger partial charge in [-0.2, -0.15) is 0 Å². The van der Waals surface area contributed by atoms with Crippen LogP contribution in [-0.4, -0.2) is 23.6 Å². The molecule has 0 aliphatic rings. The number of halogens is 3. The minimum atomic E-state index is -0.820. The summed E-state index contributed by atoms with van der Waals surface area (Å²) in [7, 11) is 0. The summed E-state index contributed by atoms with van der Waals surface area (Å²) in [5, 5.41) is 12.7. The molecule has 24 heavy (non-hydrogen) atoms. The van der Waals surface area contributed by atoms with E-state index < -0.39 is 18.5 Å². The quantitative estimate of drug-likeness (QED) is 0.758. The first-order valence-corrected chi connectivity index (χ1v) is 7.82. The second-order valence-corrected chi connectivity index (χ2v) is 6.14. The number of nitrogens with one attached hydrogen (secondary N) is 1. The zero-order chi connectivity index (χ0) is 17.9. The molecule has 2 aromatic carbocycles. The predicted molar refractivity (Wildman–Crippen MR) is 93.2 cm³/mol. The fourth-order valence-corrected chi connectivity index (χ4v) is 2.77.